The quantitative estimate of drug-likeness (QED) is 0.342. The monoisotopic (exact) mass is 256 g/mol. The van der Waals surface area contributed by atoms with Crippen LogP contribution in [0.15, 0.2) is 12.2 Å². The van der Waals surface area contributed by atoms with E-state index in [4.69, 9.17) is 9.47 Å². The molecule has 0 saturated carbocycles. The number of carbonyl (C=O) groups excluding carboxylic acids is 2. The average Bonchev–Trinajstić information content (AvgIpc) is 2.34. The van der Waals surface area contributed by atoms with Gasteiger partial charge in [-0.1, -0.05) is 26.3 Å². The number of hydrogen-bond acceptors (Lipinski definition) is 4. The van der Waals surface area contributed by atoms with Crippen LogP contribution in [0.1, 0.15) is 52.4 Å². The second kappa shape index (κ2) is 12.1. The van der Waals surface area contributed by atoms with Crippen molar-refractivity contribution in [1.82, 2.24) is 0 Å². The van der Waals surface area contributed by atoms with Crippen molar-refractivity contribution in [1.29, 1.82) is 0 Å². The van der Waals surface area contributed by atoms with Gasteiger partial charge in [-0.15, -0.1) is 0 Å². The smallest absolute Gasteiger partial charge is 0.330 e. The highest BCUT2D eigenvalue weighted by molar-refractivity contribution is 5.81. The van der Waals surface area contributed by atoms with Gasteiger partial charge in [0, 0.05) is 12.5 Å². The van der Waals surface area contributed by atoms with E-state index < -0.39 is 0 Å². The molecular formula is C14H24O4. The first-order valence-corrected chi connectivity index (χ1v) is 6.69. The summed E-state index contributed by atoms with van der Waals surface area (Å²) in [5, 5.41) is 0. The summed E-state index contributed by atoms with van der Waals surface area (Å²) in [4.78, 5) is 22.2. The minimum Gasteiger partial charge on any atom is -0.466 e. The molecule has 0 aliphatic heterocycles. The average molecular weight is 256 g/mol. The summed E-state index contributed by atoms with van der Waals surface area (Å²) in [6, 6.07) is 0. The van der Waals surface area contributed by atoms with Crippen LogP contribution in [0.2, 0.25) is 0 Å². The van der Waals surface area contributed by atoms with Gasteiger partial charge in [0.1, 0.15) is 0 Å². The maximum Gasteiger partial charge on any atom is 0.330 e. The van der Waals surface area contributed by atoms with Gasteiger partial charge in [0.15, 0.2) is 0 Å². The van der Waals surface area contributed by atoms with E-state index in [1.807, 2.05) is 13.0 Å². The minimum absolute atomic E-state index is 0.156. The van der Waals surface area contributed by atoms with Gasteiger partial charge in [0.05, 0.1) is 13.2 Å². The summed E-state index contributed by atoms with van der Waals surface area (Å²) in [5.74, 6) is -0.455. The molecule has 0 spiro atoms. The summed E-state index contributed by atoms with van der Waals surface area (Å²) in [5.41, 5.74) is 0. The molecule has 0 aliphatic rings. The molecule has 0 aromatic rings. The molecule has 0 atom stereocenters. The fourth-order valence-electron chi connectivity index (χ4n) is 1.23. The summed E-state index contributed by atoms with van der Waals surface area (Å²) < 4.78 is 9.95. The van der Waals surface area contributed by atoms with Crippen LogP contribution in [0, 0.1) is 0 Å². The molecule has 0 radical (unpaired) electrons. The summed E-state index contributed by atoms with van der Waals surface area (Å²) in [6.45, 7) is 4.77. The first-order chi connectivity index (χ1) is 8.70. The molecule has 0 aromatic heterocycles. The molecule has 18 heavy (non-hydrogen) atoms. The Balaban J connectivity index is 3.34. The first-order valence-electron chi connectivity index (χ1n) is 6.69. The van der Waals surface area contributed by atoms with Crippen LogP contribution in [0.4, 0.5) is 0 Å². The molecule has 0 heterocycles. The Morgan fingerprint density at radius 3 is 2.28 bits per heavy atom. The van der Waals surface area contributed by atoms with E-state index in [2.05, 4.69) is 6.92 Å². The standard InChI is InChI=1S/C14H24O4/c1-3-5-6-10-14(16)18-12-8-7-11-17-13(15)9-4-2/h6,10H,3-5,7-9,11-12H2,1-2H3/b10-6+. The van der Waals surface area contributed by atoms with Crippen molar-refractivity contribution in [3.8, 4) is 0 Å². The molecule has 0 fully saturated rings. The Morgan fingerprint density at radius 1 is 1.00 bits per heavy atom. The lowest BCUT2D eigenvalue weighted by Gasteiger charge is -2.04. The van der Waals surface area contributed by atoms with Crippen LogP contribution in [0.25, 0.3) is 0 Å². The number of esters is 2. The topological polar surface area (TPSA) is 52.6 Å². The molecule has 0 amide bonds. The molecule has 0 aromatic carbocycles. The van der Waals surface area contributed by atoms with E-state index in [1.54, 1.807) is 0 Å². The highest BCUT2D eigenvalue weighted by Gasteiger charge is 2.00. The Kier molecular flexibility index (Phi) is 11.3. The molecule has 0 N–H and O–H groups in total. The zero-order valence-electron chi connectivity index (χ0n) is 11.4. The predicted octanol–water partition coefficient (Wildman–Crippen LogP) is 3.01. The number of ether oxygens (including phenoxy) is 2. The normalized spacial score (nSPS) is 10.6. The molecule has 4 nitrogen and oxygen atoms in total. The lowest BCUT2D eigenvalue weighted by atomic mass is 10.3. The third-order valence-corrected chi connectivity index (χ3v) is 2.21. The summed E-state index contributed by atoms with van der Waals surface area (Å²) in [7, 11) is 0. The maximum absolute atomic E-state index is 11.1. The van der Waals surface area contributed by atoms with E-state index in [-0.39, 0.29) is 11.9 Å². The van der Waals surface area contributed by atoms with Gasteiger partial charge in [0.2, 0.25) is 0 Å². The maximum atomic E-state index is 11.1. The molecule has 104 valence electrons. The van der Waals surface area contributed by atoms with Gasteiger partial charge < -0.3 is 9.47 Å². The van der Waals surface area contributed by atoms with Gasteiger partial charge in [0.25, 0.3) is 0 Å². The number of carbonyl (C=O) groups is 2. The van der Waals surface area contributed by atoms with Gasteiger partial charge in [-0.2, -0.15) is 0 Å². The largest absolute Gasteiger partial charge is 0.466 e. The van der Waals surface area contributed by atoms with Crippen molar-refractivity contribution in [2.45, 2.75) is 52.4 Å². The van der Waals surface area contributed by atoms with Gasteiger partial charge >= 0.3 is 11.9 Å². The molecule has 4 heteroatoms. The fraction of sp³-hybridized carbons (Fsp3) is 0.714. The number of unbranched alkanes of at least 4 members (excludes halogenated alkanes) is 2. The first kappa shape index (κ1) is 16.7. The van der Waals surface area contributed by atoms with Crippen molar-refractivity contribution in [2.75, 3.05) is 13.2 Å². The van der Waals surface area contributed by atoms with Crippen LogP contribution in [-0.4, -0.2) is 25.2 Å². The molecule has 0 saturated heterocycles. The highest BCUT2D eigenvalue weighted by atomic mass is 16.5. The number of hydrogen-bond donors (Lipinski definition) is 0. The third-order valence-electron chi connectivity index (χ3n) is 2.21. The van der Waals surface area contributed by atoms with Crippen molar-refractivity contribution in [3.05, 3.63) is 12.2 Å². The van der Waals surface area contributed by atoms with Gasteiger partial charge in [-0.05, 0) is 25.7 Å². The van der Waals surface area contributed by atoms with Gasteiger partial charge in [-0.25, -0.2) is 4.79 Å². The van der Waals surface area contributed by atoms with E-state index in [0.29, 0.717) is 26.1 Å². The van der Waals surface area contributed by atoms with Gasteiger partial charge in [-0.3, -0.25) is 4.79 Å². The second-order valence-electron chi connectivity index (χ2n) is 4.04. The van der Waals surface area contributed by atoms with Crippen LogP contribution >= 0.6 is 0 Å². The van der Waals surface area contributed by atoms with Crippen LogP contribution in [0.5, 0.6) is 0 Å². The molecule has 0 rings (SSSR count). The molecule has 0 bridgehead atoms. The Labute approximate surface area is 109 Å². The highest BCUT2D eigenvalue weighted by Crippen LogP contribution is 1.97. The fourth-order valence-corrected chi connectivity index (χ4v) is 1.23. The Bertz CT molecular complexity index is 259. The molecular weight excluding hydrogens is 232 g/mol. The van der Waals surface area contributed by atoms with Crippen molar-refractivity contribution < 1.29 is 19.1 Å². The van der Waals surface area contributed by atoms with E-state index >= 15 is 0 Å². The molecule has 0 aliphatic carbocycles. The van der Waals surface area contributed by atoms with Crippen LogP contribution in [-0.2, 0) is 19.1 Å². The van der Waals surface area contributed by atoms with E-state index in [9.17, 15) is 9.59 Å². The zero-order chi connectivity index (χ0) is 13.6. The summed E-state index contributed by atoms with van der Waals surface area (Å²) in [6.07, 6.45) is 7.90. The Hall–Kier alpha value is -1.32. The van der Waals surface area contributed by atoms with Crippen LogP contribution < -0.4 is 0 Å². The second-order valence-corrected chi connectivity index (χ2v) is 4.04. The van der Waals surface area contributed by atoms with Crippen molar-refractivity contribution in [3.63, 3.8) is 0 Å². The third kappa shape index (κ3) is 11.2. The Morgan fingerprint density at radius 2 is 1.67 bits per heavy atom. The minimum atomic E-state index is -0.300. The predicted molar refractivity (Wildman–Crippen MR) is 70.1 cm³/mol. The van der Waals surface area contributed by atoms with E-state index in [0.717, 1.165) is 25.7 Å². The van der Waals surface area contributed by atoms with Crippen molar-refractivity contribution >= 4 is 11.9 Å². The van der Waals surface area contributed by atoms with Crippen molar-refractivity contribution in [2.24, 2.45) is 0 Å². The SMILES string of the molecule is CCC/C=C/C(=O)OCCCCOC(=O)CCC. The number of rotatable bonds is 10. The zero-order valence-corrected chi connectivity index (χ0v) is 11.4. The number of allylic oxidation sites excluding steroid dienone is 1. The molecule has 0 unspecified atom stereocenters. The lowest BCUT2D eigenvalue weighted by molar-refractivity contribution is -0.144. The van der Waals surface area contributed by atoms with E-state index in [1.165, 1.54) is 6.08 Å². The summed E-state index contributed by atoms with van der Waals surface area (Å²) >= 11 is 0. The lowest BCUT2D eigenvalue weighted by Crippen LogP contribution is -2.07. The van der Waals surface area contributed by atoms with Crippen LogP contribution in [0.3, 0.4) is 0 Å².